The maximum Gasteiger partial charge on any atom is 0.241 e. The molecule has 0 spiro atoms. The average Bonchev–Trinajstić information content (AvgIpc) is 2.72. The van der Waals surface area contributed by atoms with E-state index >= 15 is 0 Å². The molecule has 9 heteroatoms. The van der Waals surface area contributed by atoms with Gasteiger partial charge in [0.05, 0.1) is 19.1 Å². The molecule has 0 saturated carbocycles. The van der Waals surface area contributed by atoms with Crippen molar-refractivity contribution in [3.05, 3.63) is 52.5 Å². The predicted octanol–water partition coefficient (Wildman–Crippen LogP) is 3.13. The fourth-order valence-corrected chi connectivity index (χ4v) is 4.44. The van der Waals surface area contributed by atoms with Gasteiger partial charge in [0.1, 0.15) is 17.5 Å². The number of halogens is 1. The fourth-order valence-electron chi connectivity index (χ4n) is 2.83. The molecule has 2 aromatic rings. The quantitative estimate of drug-likeness (QED) is 0.524. The molecule has 2 rings (SSSR count). The Bertz CT molecular complexity index is 962. The van der Waals surface area contributed by atoms with Gasteiger partial charge in [-0.2, -0.15) is 4.72 Å². The van der Waals surface area contributed by atoms with Gasteiger partial charge in [0, 0.05) is 17.1 Å². The molecule has 0 bridgehead atoms. The summed E-state index contributed by atoms with van der Waals surface area (Å²) in [6, 6.07) is 10.8. The number of benzene rings is 2. The van der Waals surface area contributed by atoms with Gasteiger partial charge in [-0.25, -0.2) is 8.42 Å². The lowest BCUT2D eigenvalue weighted by Crippen LogP contribution is -2.49. The van der Waals surface area contributed by atoms with Gasteiger partial charge in [-0.3, -0.25) is 4.79 Å². The maximum atomic E-state index is 12.7. The van der Waals surface area contributed by atoms with E-state index in [1.807, 2.05) is 12.1 Å². The second-order valence-electron chi connectivity index (χ2n) is 7.02. The van der Waals surface area contributed by atoms with Crippen LogP contribution in [0.2, 0.25) is 0 Å². The third kappa shape index (κ3) is 6.45. The minimum Gasteiger partial charge on any atom is -0.497 e. The third-order valence-electron chi connectivity index (χ3n) is 4.54. The number of carbonyl (C=O) groups excluding carboxylic acids is 1. The Kier molecular flexibility index (Phi) is 8.69. The van der Waals surface area contributed by atoms with Crippen LogP contribution in [0.15, 0.2) is 51.8 Å². The summed E-state index contributed by atoms with van der Waals surface area (Å²) in [5.41, 5.74) is 0.912. The van der Waals surface area contributed by atoms with Gasteiger partial charge < -0.3 is 14.8 Å². The van der Waals surface area contributed by atoms with Crippen LogP contribution in [-0.4, -0.2) is 41.1 Å². The highest BCUT2D eigenvalue weighted by Crippen LogP contribution is 2.24. The lowest BCUT2D eigenvalue weighted by Gasteiger charge is -2.22. The number of hydrogen-bond donors (Lipinski definition) is 2. The number of sulfonamides is 1. The molecule has 1 amide bonds. The van der Waals surface area contributed by atoms with Crippen molar-refractivity contribution in [1.29, 1.82) is 0 Å². The van der Waals surface area contributed by atoms with Crippen LogP contribution in [0.5, 0.6) is 11.5 Å². The second-order valence-corrected chi connectivity index (χ2v) is 9.65. The van der Waals surface area contributed by atoms with Gasteiger partial charge in [0.25, 0.3) is 0 Å². The van der Waals surface area contributed by atoms with Gasteiger partial charge in [-0.15, -0.1) is 0 Å². The van der Waals surface area contributed by atoms with Gasteiger partial charge in [0.2, 0.25) is 15.9 Å². The summed E-state index contributed by atoms with van der Waals surface area (Å²) in [6.45, 7) is 3.92. The minimum atomic E-state index is -3.83. The fraction of sp³-hybridized carbons (Fsp3) is 0.381. The Morgan fingerprint density at radius 1 is 1.07 bits per heavy atom. The van der Waals surface area contributed by atoms with Crippen LogP contribution >= 0.6 is 15.9 Å². The summed E-state index contributed by atoms with van der Waals surface area (Å²) >= 11 is 3.28. The van der Waals surface area contributed by atoms with E-state index in [9.17, 15) is 13.2 Å². The second kappa shape index (κ2) is 10.8. The summed E-state index contributed by atoms with van der Waals surface area (Å²) in [5.74, 6) is 0.741. The van der Waals surface area contributed by atoms with Crippen LogP contribution in [0, 0.1) is 5.92 Å². The molecule has 164 valence electrons. The SMILES string of the molecule is COc1ccc(CCNC(=O)[C@@H](NS(=O)(=O)c2ccc(Br)cc2)C(C)C)c(OC)c1. The van der Waals surface area contributed by atoms with E-state index in [1.165, 1.54) is 12.1 Å². The standard InChI is InChI=1S/C21H27BrN2O5S/c1-14(2)20(24-30(26,27)18-9-6-16(22)7-10-18)21(25)23-12-11-15-5-8-17(28-3)13-19(15)29-4/h5-10,13-14,20,24H,11-12H2,1-4H3,(H,23,25)/t20-/m0/s1. The Morgan fingerprint density at radius 2 is 1.73 bits per heavy atom. The highest BCUT2D eigenvalue weighted by Gasteiger charge is 2.28. The molecule has 0 heterocycles. The largest absolute Gasteiger partial charge is 0.497 e. The van der Waals surface area contributed by atoms with Crippen molar-refractivity contribution in [1.82, 2.24) is 10.0 Å². The summed E-state index contributed by atoms with van der Waals surface area (Å²) in [5, 5.41) is 2.82. The van der Waals surface area contributed by atoms with Crippen LogP contribution in [-0.2, 0) is 21.2 Å². The highest BCUT2D eigenvalue weighted by atomic mass is 79.9. The summed E-state index contributed by atoms with van der Waals surface area (Å²) < 4.78 is 39.2. The van der Waals surface area contributed by atoms with E-state index in [4.69, 9.17) is 9.47 Å². The first kappa shape index (κ1) is 24.2. The molecule has 0 aromatic heterocycles. The van der Waals surface area contributed by atoms with E-state index in [-0.39, 0.29) is 16.7 Å². The topological polar surface area (TPSA) is 93.7 Å². The normalized spacial score (nSPS) is 12.5. The smallest absolute Gasteiger partial charge is 0.241 e. The van der Waals surface area contributed by atoms with Crippen molar-refractivity contribution in [2.45, 2.75) is 31.2 Å². The van der Waals surface area contributed by atoms with E-state index in [0.717, 1.165) is 10.0 Å². The number of amides is 1. The first-order valence-corrected chi connectivity index (χ1v) is 11.7. The maximum absolute atomic E-state index is 12.7. The van der Waals surface area contributed by atoms with Gasteiger partial charge in [0.15, 0.2) is 0 Å². The van der Waals surface area contributed by atoms with E-state index in [2.05, 4.69) is 26.0 Å². The Hall–Kier alpha value is -2.10. The minimum absolute atomic E-state index is 0.104. The number of rotatable bonds is 10. The zero-order valence-corrected chi connectivity index (χ0v) is 19.8. The Labute approximate surface area is 186 Å². The van der Waals surface area contributed by atoms with Crippen LogP contribution in [0.3, 0.4) is 0 Å². The molecule has 7 nitrogen and oxygen atoms in total. The molecule has 0 fully saturated rings. The number of ether oxygens (including phenoxy) is 2. The number of methoxy groups -OCH3 is 2. The summed E-state index contributed by atoms with van der Waals surface area (Å²) in [4.78, 5) is 12.8. The van der Waals surface area contributed by atoms with E-state index in [1.54, 1.807) is 46.3 Å². The molecule has 0 aliphatic heterocycles. The van der Waals surface area contributed by atoms with Crippen molar-refractivity contribution in [3.63, 3.8) is 0 Å². The van der Waals surface area contributed by atoms with E-state index < -0.39 is 16.1 Å². The van der Waals surface area contributed by atoms with Gasteiger partial charge >= 0.3 is 0 Å². The van der Waals surface area contributed by atoms with Crippen molar-refractivity contribution in [2.75, 3.05) is 20.8 Å². The average molecular weight is 499 g/mol. The zero-order valence-electron chi connectivity index (χ0n) is 17.4. The first-order chi connectivity index (χ1) is 14.2. The van der Waals surface area contributed by atoms with Crippen molar-refractivity contribution < 1.29 is 22.7 Å². The number of hydrogen-bond acceptors (Lipinski definition) is 5. The van der Waals surface area contributed by atoms with Crippen molar-refractivity contribution in [3.8, 4) is 11.5 Å². The highest BCUT2D eigenvalue weighted by molar-refractivity contribution is 9.10. The molecule has 1 atom stereocenters. The molecule has 0 radical (unpaired) electrons. The Balaban J connectivity index is 2.03. The van der Waals surface area contributed by atoms with Crippen LogP contribution in [0.4, 0.5) is 0 Å². The summed E-state index contributed by atoms with van der Waals surface area (Å²) in [6.07, 6.45) is 0.531. The van der Waals surface area contributed by atoms with Crippen molar-refractivity contribution in [2.24, 2.45) is 5.92 Å². The van der Waals surface area contributed by atoms with Gasteiger partial charge in [-0.05, 0) is 48.2 Å². The van der Waals surface area contributed by atoms with Crippen LogP contribution in [0.25, 0.3) is 0 Å². The molecule has 0 aliphatic rings. The summed E-state index contributed by atoms with van der Waals surface area (Å²) in [7, 11) is -0.676. The molecule has 0 aliphatic carbocycles. The van der Waals surface area contributed by atoms with Crippen molar-refractivity contribution >= 4 is 31.9 Å². The Morgan fingerprint density at radius 3 is 2.30 bits per heavy atom. The van der Waals surface area contributed by atoms with Crippen LogP contribution in [0.1, 0.15) is 19.4 Å². The molecule has 2 N–H and O–H groups in total. The molecule has 0 saturated heterocycles. The monoisotopic (exact) mass is 498 g/mol. The lowest BCUT2D eigenvalue weighted by molar-refractivity contribution is -0.123. The molecule has 0 unspecified atom stereocenters. The molecular weight excluding hydrogens is 472 g/mol. The predicted molar refractivity (Wildman–Crippen MR) is 119 cm³/mol. The molecular formula is C21H27BrN2O5S. The van der Waals surface area contributed by atoms with E-state index in [0.29, 0.717) is 24.5 Å². The molecule has 2 aromatic carbocycles. The van der Waals surface area contributed by atoms with Gasteiger partial charge in [-0.1, -0.05) is 35.8 Å². The molecule has 30 heavy (non-hydrogen) atoms. The third-order valence-corrected chi connectivity index (χ3v) is 6.53. The number of carbonyl (C=O) groups is 1. The lowest BCUT2D eigenvalue weighted by atomic mass is 10.0. The number of nitrogens with one attached hydrogen (secondary N) is 2. The van der Waals surface area contributed by atoms with Crippen LogP contribution < -0.4 is 19.5 Å². The zero-order chi connectivity index (χ0) is 22.3. The first-order valence-electron chi connectivity index (χ1n) is 9.44.